The third-order valence-corrected chi connectivity index (χ3v) is 7.29. The highest BCUT2D eigenvalue weighted by atomic mass is 35.5. The van der Waals surface area contributed by atoms with Crippen molar-refractivity contribution in [2.45, 2.75) is 26.7 Å². The predicted octanol–water partition coefficient (Wildman–Crippen LogP) is 5.45. The Bertz CT molecular complexity index is 1160. The normalized spacial score (nSPS) is 17.1. The molecular weight excluding hydrogens is 492 g/mol. The van der Waals surface area contributed by atoms with Crippen LogP contribution in [0.4, 0.5) is 5.69 Å². The summed E-state index contributed by atoms with van der Waals surface area (Å²) in [6, 6.07) is 10.8. The molecule has 0 radical (unpaired) electrons. The van der Waals surface area contributed by atoms with E-state index in [0.717, 1.165) is 37.1 Å². The molecule has 2 aliphatic rings. The number of anilines is 1. The molecule has 0 aromatic heterocycles. The van der Waals surface area contributed by atoms with E-state index >= 15 is 0 Å². The van der Waals surface area contributed by atoms with Gasteiger partial charge < -0.3 is 14.4 Å². The quantitative estimate of drug-likeness (QED) is 0.360. The van der Waals surface area contributed by atoms with E-state index in [0.29, 0.717) is 38.0 Å². The molecule has 4 rings (SSSR count). The average Bonchev–Trinajstić information content (AvgIpc) is 3.44. The molecule has 2 amide bonds. The van der Waals surface area contributed by atoms with Crippen LogP contribution in [-0.4, -0.2) is 47.3 Å². The van der Waals surface area contributed by atoms with E-state index in [1.165, 1.54) is 16.7 Å². The highest BCUT2D eigenvalue weighted by Crippen LogP contribution is 2.38. The molecule has 0 unspecified atom stereocenters. The molecule has 34 heavy (non-hydrogen) atoms. The van der Waals surface area contributed by atoms with Gasteiger partial charge in [0.25, 0.3) is 11.8 Å². The second kappa shape index (κ2) is 10.8. The average molecular weight is 517 g/mol. The topological polar surface area (TPSA) is 59.1 Å². The minimum Gasteiger partial charge on any atom is -0.490 e. The van der Waals surface area contributed by atoms with Crippen molar-refractivity contribution in [1.82, 2.24) is 4.90 Å². The lowest BCUT2D eigenvalue weighted by Crippen LogP contribution is -2.32. The van der Waals surface area contributed by atoms with Crippen molar-refractivity contribution in [1.29, 1.82) is 0 Å². The minimum absolute atomic E-state index is 0.0242. The molecule has 2 aromatic carbocycles. The van der Waals surface area contributed by atoms with E-state index in [-0.39, 0.29) is 18.4 Å². The van der Waals surface area contributed by atoms with Crippen LogP contribution < -0.4 is 14.4 Å². The number of carbonyl (C=O) groups excluding carboxylic acids is 2. The van der Waals surface area contributed by atoms with Gasteiger partial charge >= 0.3 is 0 Å². The zero-order valence-electron chi connectivity index (χ0n) is 19.0. The van der Waals surface area contributed by atoms with Crippen LogP contribution in [0.5, 0.6) is 11.5 Å². The number of hydrogen-bond acceptors (Lipinski definition) is 6. The van der Waals surface area contributed by atoms with E-state index in [1.807, 2.05) is 36.9 Å². The van der Waals surface area contributed by atoms with E-state index in [1.54, 1.807) is 24.3 Å². The Labute approximate surface area is 213 Å². The molecule has 0 aliphatic carbocycles. The number of halogens is 1. The van der Waals surface area contributed by atoms with Crippen molar-refractivity contribution in [3.05, 3.63) is 57.5 Å². The van der Waals surface area contributed by atoms with Crippen LogP contribution in [-0.2, 0) is 9.59 Å². The van der Waals surface area contributed by atoms with E-state index < -0.39 is 0 Å². The molecule has 178 valence electrons. The fraction of sp³-hybridized carbons (Fsp3) is 0.320. The minimum atomic E-state index is -0.204. The molecule has 2 fully saturated rings. The predicted molar refractivity (Wildman–Crippen MR) is 141 cm³/mol. The van der Waals surface area contributed by atoms with Gasteiger partial charge in [0, 0.05) is 18.1 Å². The molecule has 2 aromatic rings. The summed E-state index contributed by atoms with van der Waals surface area (Å²) in [6.45, 7) is 5.76. The van der Waals surface area contributed by atoms with Crippen LogP contribution >= 0.6 is 35.6 Å². The number of thioether (sulfide) groups is 1. The first-order valence-electron chi connectivity index (χ1n) is 11.1. The first-order valence-corrected chi connectivity index (χ1v) is 12.7. The van der Waals surface area contributed by atoms with Gasteiger partial charge in [-0.25, -0.2) is 0 Å². The molecule has 2 heterocycles. The first-order chi connectivity index (χ1) is 16.4. The van der Waals surface area contributed by atoms with Crippen LogP contribution in [0.1, 0.15) is 30.9 Å². The lowest BCUT2D eigenvalue weighted by atomic mass is 10.1. The number of carbonyl (C=O) groups is 2. The summed E-state index contributed by atoms with van der Waals surface area (Å²) in [7, 11) is 0. The van der Waals surface area contributed by atoms with E-state index in [9.17, 15) is 9.59 Å². The number of hydrogen-bond donors (Lipinski definition) is 0. The maximum atomic E-state index is 13.1. The second-order valence-electron chi connectivity index (χ2n) is 7.97. The maximum absolute atomic E-state index is 13.1. The number of nitrogens with zero attached hydrogens (tertiary/aromatic N) is 2. The number of aryl methyl sites for hydroxylation is 1. The van der Waals surface area contributed by atoms with Crippen LogP contribution in [0.25, 0.3) is 6.08 Å². The third-order valence-electron chi connectivity index (χ3n) is 5.58. The Kier molecular flexibility index (Phi) is 7.80. The van der Waals surface area contributed by atoms with Gasteiger partial charge in [0.1, 0.15) is 0 Å². The zero-order chi connectivity index (χ0) is 24.2. The van der Waals surface area contributed by atoms with Gasteiger partial charge in [-0.2, -0.15) is 0 Å². The third kappa shape index (κ3) is 5.40. The van der Waals surface area contributed by atoms with Crippen molar-refractivity contribution >= 4 is 63.5 Å². The Morgan fingerprint density at radius 2 is 1.91 bits per heavy atom. The molecule has 0 atom stereocenters. The number of amides is 2. The van der Waals surface area contributed by atoms with Crippen LogP contribution in [0.2, 0.25) is 5.02 Å². The summed E-state index contributed by atoms with van der Waals surface area (Å²) in [5.41, 5.74) is 2.34. The van der Waals surface area contributed by atoms with Crippen LogP contribution in [0.3, 0.4) is 0 Å². The summed E-state index contributed by atoms with van der Waals surface area (Å²) in [5, 5.41) is 0.579. The number of rotatable bonds is 7. The Balaban J connectivity index is 1.52. The molecule has 0 N–H and O–H groups in total. The van der Waals surface area contributed by atoms with Gasteiger partial charge in [-0.3, -0.25) is 14.5 Å². The maximum Gasteiger partial charge on any atom is 0.270 e. The number of thiocarbonyl (C=S) groups is 1. The number of likely N-dealkylation sites (tertiary alicyclic amines) is 1. The molecule has 0 bridgehead atoms. The number of ether oxygens (including phenoxy) is 2. The van der Waals surface area contributed by atoms with Crippen molar-refractivity contribution in [3.63, 3.8) is 0 Å². The van der Waals surface area contributed by atoms with Gasteiger partial charge in [0.2, 0.25) is 0 Å². The van der Waals surface area contributed by atoms with Crippen molar-refractivity contribution < 1.29 is 19.1 Å². The number of benzene rings is 2. The molecule has 2 aliphatic heterocycles. The van der Waals surface area contributed by atoms with Crippen molar-refractivity contribution in [3.8, 4) is 11.5 Å². The van der Waals surface area contributed by atoms with Gasteiger partial charge in [-0.05, 0) is 68.2 Å². The molecule has 9 heteroatoms. The van der Waals surface area contributed by atoms with E-state index in [2.05, 4.69) is 0 Å². The standard InChI is InChI=1S/C25H25ClN2O4S2/c1-3-31-21-12-17(7-9-20(21)32-15-23(29)27-10-4-5-11-27)13-22-24(30)28(25(33)34-22)18-8-6-16(2)19(26)14-18/h6-9,12-14H,3-5,10-11,15H2,1-2H3/b22-13-. The SMILES string of the molecule is CCOc1cc(/C=C2\SC(=S)N(c3ccc(C)c(Cl)c3)C2=O)ccc1OCC(=O)N1CCCC1. The molecule has 0 spiro atoms. The van der Waals surface area contributed by atoms with E-state index in [4.69, 9.17) is 33.3 Å². The van der Waals surface area contributed by atoms with Crippen molar-refractivity contribution in [2.24, 2.45) is 0 Å². The summed E-state index contributed by atoms with van der Waals surface area (Å²) < 4.78 is 12.0. The summed E-state index contributed by atoms with van der Waals surface area (Å²) >= 11 is 12.9. The van der Waals surface area contributed by atoms with Gasteiger partial charge in [0.05, 0.1) is 17.2 Å². The van der Waals surface area contributed by atoms with Crippen LogP contribution in [0, 0.1) is 6.92 Å². The summed E-state index contributed by atoms with van der Waals surface area (Å²) in [5.74, 6) is 0.785. The summed E-state index contributed by atoms with van der Waals surface area (Å²) in [6.07, 6.45) is 3.85. The van der Waals surface area contributed by atoms with Gasteiger partial charge in [-0.1, -0.05) is 47.7 Å². The monoisotopic (exact) mass is 516 g/mol. The Morgan fingerprint density at radius 1 is 1.15 bits per heavy atom. The first kappa shape index (κ1) is 24.6. The Morgan fingerprint density at radius 3 is 2.62 bits per heavy atom. The second-order valence-corrected chi connectivity index (χ2v) is 10.0. The highest BCUT2D eigenvalue weighted by Gasteiger charge is 2.33. The van der Waals surface area contributed by atoms with Crippen molar-refractivity contribution in [2.75, 3.05) is 31.2 Å². The van der Waals surface area contributed by atoms with Gasteiger partial charge in [-0.15, -0.1) is 0 Å². The molecule has 6 nitrogen and oxygen atoms in total. The highest BCUT2D eigenvalue weighted by molar-refractivity contribution is 8.27. The summed E-state index contributed by atoms with van der Waals surface area (Å²) in [4.78, 5) is 29.2. The molecular formula is C25H25ClN2O4S2. The fourth-order valence-electron chi connectivity index (χ4n) is 3.76. The largest absolute Gasteiger partial charge is 0.490 e. The molecule has 2 saturated heterocycles. The van der Waals surface area contributed by atoms with Gasteiger partial charge in [0.15, 0.2) is 22.4 Å². The lowest BCUT2D eigenvalue weighted by molar-refractivity contribution is -0.132. The molecule has 0 saturated carbocycles. The Hall–Kier alpha value is -2.55. The van der Waals surface area contributed by atoms with Crippen LogP contribution in [0.15, 0.2) is 41.3 Å². The smallest absolute Gasteiger partial charge is 0.270 e. The lowest BCUT2D eigenvalue weighted by Gasteiger charge is -2.17. The fourth-order valence-corrected chi connectivity index (χ4v) is 5.24. The zero-order valence-corrected chi connectivity index (χ0v) is 21.4.